The lowest BCUT2D eigenvalue weighted by molar-refractivity contribution is -0.120. The third-order valence-corrected chi connectivity index (χ3v) is 2.86. The summed E-state index contributed by atoms with van der Waals surface area (Å²) in [5, 5.41) is 14.0. The molecule has 0 atom stereocenters. The number of para-hydroxylation sites is 1. The number of hydrogen-bond acceptors (Lipinski definition) is 3. The van der Waals surface area contributed by atoms with Crippen LogP contribution in [0.15, 0.2) is 53.6 Å². The largest absolute Gasteiger partial charge is 0.507 e. The predicted molar refractivity (Wildman–Crippen MR) is 79.0 cm³/mol. The molecule has 0 saturated heterocycles. The van der Waals surface area contributed by atoms with Gasteiger partial charge in [0.2, 0.25) is 5.91 Å². The van der Waals surface area contributed by atoms with E-state index in [1.165, 1.54) is 6.21 Å². The average Bonchev–Trinajstić information content (AvgIpc) is 2.43. The Morgan fingerprint density at radius 1 is 1.20 bits per heavy atom. The molecule has 0 unspecified atom stereocenters. The van der Waals surface area contributed by atoms with Gasteiger partial charge in [0.25, 0.3) is 0 Å². The number of halogens is 1. The number of carbonyl (C=O) groups is 1. The molecule has 2 aromatic carbocycles. The van der Waals surface area contributed by atoms with Crippen molar-refractivity contribution in [2.45, 2.75) is 6.42 Å². The molecule has 0 aliphatic heterocycles. The van der Waals surface area contributed by atoms with Crippen molar-refractivity contribution in [2.24, 2.45) is 5.10 Å². The molecule has 0 aliphatic rings. The molecule has 0 aromatic heterocycles. The molecular formula is C15H13ClN2O2. The smallest absolute Gasteiger partial charge is 0.244 e. The zero-order valence-corrected chi connectivity index (χ0v) is 11.3. The normalized spacial score (nSPS) is 10.7. The number of nitrogens with zero attached hydrogens (tertiary/aromatic N) is 1. The second-order valence-electron chi connectivity index (χ2n) is 4.16. The summed E-state index contributed by atoms with van der Waals surface area (Å²) in [5.74, 6) is -0.123. The standard InChI is InChI=1S/C15H13ClN2O2/c16-13-7-5-11(6-8-13)9-15(20)18-17-10-12-3-1-2-4-14(12)19/h1-8,10,19H,9H2,(H,18,20). The highest BCUT2D eigenvalue weighted by atomic mass is 35.5. The van der Waals surface area contributed by atoms with E-state index in [2.05, 4.69) is 10.5 Å². The van der Waals surface area contributed by atoms with E-state index < -0.39 is 0 Å². The Balaban J connectivity index is 1.89. The minimum Gasteiger partial charge on any atom is -0.507 e. The van der Waals surface area contributed by atoms with E-state index in [0.29, 0.717) is 10.6 Å². The molecular weight excluding hydrogens is 276 g/mol. The Hall–Kier alpha value is -2.33. The Labute approximate surface area is 121 Å². The monoisotopic (exact) mass is 288 g/mol. The maximum atomic E-state index is 11.7. The van der Waals surface area contributed by atoms with Crippen molar-refractivity contribution in [3.05, 3.63) is 64.7 Å². The van der Waals surface area contributed by atoms with Crippen LogP contribution in [0, 0.1) is 0 Å². The van der Waals surface area contributed by atoms with Crippen LogP contribution in [0.4, 0.5) is 0 Å². The van der Waals surface area contributed by atoms with Gasteiger partial charge in [0, 0.05) is 10.6 Å². The summed E-state index contributed by atoms with van der Waals surface area (Å²) >= 11 is 5.77. The first-order valence-corrected chi connectivity index (χ1v) is 6.37. The number of rotatable bonds is 4. The van der Waals surface area contributed by atoms with Crippen LogP contribution in [-0.2, 0) is 11.2 Å². The van der Waals surface area contributed by atoms with Crippen LogP contribution in [0.5, 0.6) is 5.75 Å². The van der Waals surface area contributed by atoms with Crippen LogP contribution in [0.1, 0.15) is 11.1 Å². The van der Waals surface area contributed by atoms with Gasteiger partial charge in [0.1, 0.15) is 5.75 Å². The Bertz CT molecular complexity index is 624. The first kappa shape index (κ1) is 14.1. The molecule has 4 nitrogen and oxygen atoms in total. The minimum absolute atomic E-state index is 0.114. The van der Waals surface area contributed by atoms with Gasteiger partial charge in [-0.3, -0.25) is 4.79 Å². The summed E-state index contributed by atoms with van der Waals surface area (Å²) < 4.78 is 0. The lowest BCUT2D eigenvalue weighted by Crippen LogP contribution is -2.19. The number of phenols is 1. The van der Waals surface area contributed by atoms with E-state index in [9.17, 15) is 9.90 Å². The van der Waals surface area contributed by atoms with Crippen LogP contribution in [0.3, 0.4) is 0 Å². The highest BCUT2D eigenvalue weighted by Crippen LogP contribution is 2.12. The van der Waals surface area contributed by atoms with Crippen molar-refractivity contribution < 1.29 is 9.90 Å². The Morgan fingerprint density at radius 2 is 1.90 bits per heavy atom. The van der Waals surface area contributed by atoms with E-state index in [4.69, 9.17) is 11.6 Å². The SMILES string of the molecule is O=C(Cc1ccc(Cl)cc1)NN=Cc1ccccc1O. The fourth-order valence-corrected chi connectivity index (χ4v) is 1.72. The predicted octanol–water partition coefficient (Wildman–Crippen LogP) is 2.74. The average molecular weight is 289 g/mol. The van der Waals surface area contributed by atoms with Crippen molar-refractivity contribution in [3.8, 4) is 5.75 Å². The molecule has 0 saturated carbocycles. The molecule has 0 heterocycles. The third-order valence-electron chi connectivity index (χ3n) is 2.61. The van der Waals surface area contributed by atoms with Crippen LogP contribution >= 0.6 is 11.6 Å². The number of amides is 1. The Kier molecular flexibility index (Phi) is 4.74. The highest BCUT2D eigenvalue weighted by Gasteiger charge is 2.02. The molecule has 1 amide bonds. The Morgan fingerprint density at radius 3 is 2.60 bits per heavy atom. The first-order valence-electron chi connectivity index (χ1n) is 5.99. The van der Waals surface area contributed by atoms with E-state index in [1.54, 1.807) is 48.5 Å². The summed E-state index contributed by atoms with van der Waals surface area (Å²) in [6, 6.07) is 13.8. The van der Waals surface area contributed by atoms with Crippen molar-refractivity contribution in [1.82, 2.24) is 5.43 Å². The molecule has 2 N–H and O–H groups in total. The van der Waals surface area contributed by atoms with Gasteiger partial charge < -0.3 is 5.11 Å². The zero-order chi connectivity index (χ0) is 14.4. The zero-order valence-electron chi connectivity index (χ0n) is 10.6. The highest BCUT2D eigenvalue weighted by molar-refractivity contribution is 6.30. The van der Waals surface area contributed by atoms with Crippen molar-refractivity contribution in [2.75, 3.05) is 0 Å². The molecule has 2 aromatic rings. The number of benzene rings is 2. The quantitative estimate of drug-likeness (QED) is 0.671. The molecule has 0 bridgehead atoms. The number of aromatic hydroxyl groups is 1. The molecule has 0 aliphatic carbocycles. The van der Waals surface area contributed by atoms with Gasteiger partial charge in [0.05, 0.1) is 12.6 Å². The summed E-state index contributed by atoms with van der Waals surface area (Å²) in [7, 11) is 0. The summed E-state index contributed by atoms with van der Waals surface area (Å²) in [5.41, 5.74) is 3.80. The molecule has 102 valence electrons. The topological polar surface area (TPSA) is 61.7 Å². The third kappa shape index (κ3) is 4.10. The number of phenolic OH excluding ortho intramolecular Hbond substituents is 1. The van der Waals surface area contributed by atoms with E-state index in [0.717, 1.165) is 5.56 Å². The maximum Gasteiger partial charge on any atom is 0.244 e. The fraction of sp³-hybridized carbons (Fsp3) is 0.0667. The van der Waals surface area contributed by atoms with E-state index >= 15 is 0 Å². The number of hydrazone groups is 1. The number of carbonyl (C=O) groups excluding carboxylic acids is 1. The minimum atomic E-state index is -0.237. The lowest BCUT2D eigenvalue weighted by Gasteiger charge is -2.01. The lowest BCUT2D eigenvalue weighted by atomic mass is 10.1. The number of hydrogen-bond donors (Lipinski definition) is 2. The second kappa shape index (κ2) is 6.73. The summed E-state index contributed by atoms with van der Waals surface area (Å²) in [6.45, 7) is 0. The van der Waals surface area contributed by atoms with Crippen molar-refractivity contribution in [3.63, 3.8) is 0 Å². The molecule has 0 radical (unpaired) electrons. The van der Waals surface area contributed by atoms with Gasteiger partial charge >= 0.3 is 0 Å². The van der Waals surface area contributed by atoms with Gasteiger partial charge in [-0.2, -0.15) is 5.10 Å². The van der Waals surface area contributed by atoms with Gasteiger partial charge in [-0.15, -0.1) is 0 Å². The van der Waals surface area contributed by atoms with Gasteiger partial charge in [0.15, 0.2) is 0 Å². The molecule has 20 heavy (non-hydrogen) atoms. The molecule has 5 heteroatoms. The fourth-order valence-electron chi connectivity index (χ4n) is 1.60. The van der Waals surface area contributed by atoms with Crippen LogP contribution < -0.4 is 5.43 Å². The second-order valence-corrected chi connectivity index (χ2v) is 4.59. The van der Waals surface area contributed by atoms with Crippen molar-refractivity contribution >= 4 is 23.7 Å². The molecule has 2 rings (SSSR count). The van der Waals surface area contributed by atoms with Gasteiger partial charge in [-0.05, 0) is 29.8 Å². The van der Waals surface area contributed by atoms with E-state index in [1.807, 2.05) is 0 Å². The summed E-state index contributed by atoms with van der Waals surface area (Å²) in [6.07, 6.45) is 1.62. The van der Waals surface area contributed by atoms with Crippen LogP contribution in [0.25, 0.3) is 0 Å². The molecule has 0 spiro atoms. The summed E-state index contributed by atoms with van der Waals surface area (Å²) in [4.78, 5) is 11.7. The van der Waals surface area contributed by atoms with Gasteiger partial charge in [-0.1, -0.05) is 35.9 Å². The number of nitrogens with one attached hydrogen (secondary N) is 1. The first-order chi connectivity index (χ1) is 9.65. The maximum absolute atomic E-state index is 11.7. The van der Waals surface area contributed by atoms with E-state index in [-0.39, 0.29) is 18.1 Å². The van der Waals surface area contributed by atoms with Crippen LogP contribution in [-0.4, -0.2) is 17.2 Å². The van der Waals surface area contributed by atoms with Crippen molar-refractivity contribution in [1.29, 1.82) is 0 Å². The van der Waals surface area contributed by atoms with Crippen LogP contribution in [0.2, 0.25) is 5.02 Å². The van der Waals surface area contributed by atoms with Gasteiger partial charge in [-0.25, -0.2) is 5.43 Å². The molecule has 0 fully saturated rings.